The highest BCUT2D eigenvalue weighted by atomic mass is 19.1. The molecule has 1 heterocycles. The van der Waals surface area contributed by atoms with Gasteiger partial charge in [0.15, 0.2) is 17.3 Å². The van der Waals surface area contributed by atoms with Crippen molar-refractivity contribution < 1.29 is 18.3 Å². The lowest BCUT2D eigenvalue weighted by molar-refractivity contribution is 0.0777. The second-order valence-electron chi connectivity index (χ2n) is 7.50. The number of carbonyl (C=O) groups is 1. The Morgan fingerprint density at radius 3 is 2.57 bits per heavy atom. The Hall–Kier alpha value is -3.22. The fraction of sp³-hybridized carbons (Fsp3) is 0.304. The van der Waals surface area contributed by atoms with Gasteiger partial charge in [0.05, 0.1) is 12.8 Å². The summed E-state index contributed by atoms with van der Waals surface area (Å²) >= 11 is 0. The Morgan fingerprint density at radius 2 is 1.87 bits per heavy atom. The monoisotopic (exact) mass is 411 g/mol. The van der Waals surface area contributed by atoms with Gasteiger partial charge in [-0.3, -0.25) is 4.79 Å². The SMILES string of the molecule is COc1ccc(CN(C)C(=O)c2nn(-c3ccc(F)cc3)c3c2CCCC3)cc1F. The van der Waals surface area contributed by atoms with E-state index in [0.717, 1.165) is 42.6 Å². The molecule has 0 unspecified atom stereocenters. The van der Waals surface area contributed by atoms with Gasteiger partial charge in [0.2, 0.25) is 0 Å². The number of hydrogen-bond acceptors (Lipinski definition) is 3. The number of fused-ring (bicyclic) bond motifs is 1. The molecule has 1 aliphatic rings. The van der Waals surface area contributed by atoms with Gasteiger partial charge >= 0.3 is 0 Å². The first kappa shape index (κ1) is 20.1. The molecular weight excluding hydrogens is 388 g/mol. The van der Waals surface area contributed by atoms with E-state index in [0.29, 0.717) is 11.3 Å². The summed E-state index contributed by atoms with van der Waals surface area (Å²) in [7, 11) is 3.09. The van der Waals surface area contributed by atoms with E-state index in [1.54, 1.807) is 36.0 Å². The maximum absolute atomic E-state index is 14.0. The minimum Gasteiger partial charge on any atom is -0.494 e. The molecule has 2 aromatic carbocycles. The summed E-state index contributed by atoms with van der Waals surface area (Å²) < 4.78 is 34.0. The van der Waals surface area contributed by atoms with Crippen LogP contribution in [0.15, 0.2) is 42.5 Å². The highest BCUT2D eigenvalue weighted by molar-refractivity contribution is 5.94. The summed E-state index contributed by atoms with van der Waals surface area (Å²) in [4.78, 5) is 14.7. The van der Waals surface area contributed by atoms with Crippen molar-refractivity contribution in [2.45, 2.75) is 32.2 Å². The number of ether oxygens (including phenoxy) is 1. The molecule has 0 spiro atoms. The third-order valence-electron chi connectivity index (χ3n) is 5.44. The summed E-state index contributed by atoms with van der Waals surface area (Å²) in [6.07, 6.45) is 3.62. The fourth-order valence-corrected chi connectivity index (χ4v) is 3.90. The summed E-state index contributed by atoms with van der Waals surface area (Å²) in [5.74, 6) is -0.832. The molecule has 0 fully saturated rings. The molecule has 3 aromatic rings. The molecule has 0 radical (unpaired) electrons. The molecule has 0 atom stereocenters. The lowest BCUT2D eigenvalue weighted by atomic mass is 9.95. The van der Waals surface area contributed by atoms with Crippen molar-refractivity contribution in [3.8, 4) is 11.4 Å². The number of methoxy groups -OCH3 is 1. The van der Waals surface area contributed by atoms with Crippen LogP contribution in [-0.2, 0) is 19.4 Å². The van der Waals surface area contributed by atoms with Crippen LogP contribution in [0.2, 0.25) is 0 Å². The fourth-order valence-electron chi connectivity index (χ4n) is 3.90. The van der Waals surface area contributed by atoms with Gasteiger partial charge in [-0.25, -0.2) is 13.5 Å². The van der Waals surface area contributed by atoms with Crippen LogP contribution in [-0.4, -0.2) is 34.7 Å². The standard InChI is InChI=1S/C23H23F2N3O2/c1-27(14-15-7-12-21(30-2)19(25)13-15)23(29)22-18-5-3-4-6-20(18)28(26-22)17-10-8-16(24)9-11-17/h7-13H,3-6,14H2,1-2H3. The molecule has 0 aliphatic heterocycles. The zero-order valence-electron chi connectivity index (χ0n) is 17.0. The van der Waals surface area contributed by atoms with Crippen molar-refractivity contribution in [1.29, 1.82) is 0 Å². The molecule has 5 nitrogen and oxygen atoms in total. The molecule has 0 saturated carbocycles. The molecule has 156 valence electrons. The van der Waals surface area contributed by atoms with Crippen LogP contribution in [0, 0.1) is 11.6 Å². The van der Waals surface area contributed by atoms with Crippen molar-refractivity contribution in [2.75, 3.05) is 14.2 Å². The van der Waals surface area contributed by atoms with Crippen LogP contribution in [0.3, 0.4) is 0 Å². The van der Waals surface area contributed by atoms with Gasteiger partial charge in [-0.1, -0.05) is 6.07 Å². The summed E-state index contributed by atoms with van der Waals surface area (Å²) in [5.41, 5.74) is 3.75. The van der Waals surface area contributed by atoms with Gasteiger partial charge in [0.1, 0.15) is 5.82 Å². The van der Waals surface area contributed by atoms with Crippen LogP contribution in [0.4, 0.5) is 8.78 Å². The van der Waals surface area contributed by atoms with Gasteiger partial charge in [-0.15, -0.1) is 0 Å². The maximum atomic E-state index is 14.0. The number of nitrogens with zero attached hydrogens (tertiary/aromatic N) is 3. The van der Waals surface area contributed by atoms with E-state index in [-0.39, 0.29) is 24.0 Å². The second kappa shape index (κ2) is 8.26. The first-order chi connectivity index (χ1) is 14.5. The van der Waals surface area contributed by atoms with Gasteiger partial charge < -0.3 is 9.64 Å². The Bertz CT molecular complexity index is 1080. The van der Waals surface area contributed by atoms with Crippen LogP contribution in [0.5, 0.6) is 5.75 Å². The highest BCUT2D eigenvalue weighted by Crippen LogP contribution is 2.28. The molecule has 0 N–H and O–H groups in total. The Labute approximate surface area is 173 Å². The Morgan fingerprint density at radius 1 is 1.13 bits per heavy atom. The van der Waals surface area contributed by atoms with Crippen LogP contribution < -0.4 is 4.74 Å². The maximum Gasteiger partial charge on any atom is 0.274 e. The Kier molecular flexibility index (Phi) is 5.53. The van der Waals surface area contributed by atoms with E-state index in [1.807, 2.05) is 0 Å². The van der Waals surface area contributed by atoms with Crippen LogP contribution in [0.25, 0.3) is 5.69 Å². The third-order valence-corrected chi connectivity index (χ3v) is 5.44. The zero-order valence-corrected chi connectivity index (χ0v) is 17.0. The average Bonchev–Trinajstić information content (AvgIpc) is 3.13. The van der Waals surface area contributed by atoms with E-state index in [1.165, 1.54) is 30.2 Å². The third kappa shape index (κ3) is 3.79. The van der Waals surface area contributed by atoms with E-state index in [4.69, 9.17) is 4.74 Å². The molecular formula is C23H23F2N3O2. The number of hydrogen-bond donors (Lipinski definition) is 0. The quantitative estimate of drug-likeness (QED) is 0.629. The van der Waals surface area contributed by atoms with Crippen LogP contribution >= 0.6 is 0 Å². The van der Waals surface area contributed by atoms with Crippen molar-refractivity contribution in [1.82, 2.24) is 14.7 Å². The summed E-state index contributed by atoms with van der Waals surface area (Å²) in [6, 6.07) is 10.8. The van der Waals surface area contributed by atoms with E-state index in [2.05, 4.69) is 5.10 Å². The number of halogens is 2. The van der Waals surface area contributed by atoms with Gasteiger partial charge in [0, 0.05) is 24.8 Å². The number of rotatable bonds is 5. The Balaban J connectivity index is 1.63. The lowest BCUT2D eigenvalue weighted by Crippen LogP contribution is -2.27. The molecule has 30 heavy (non-hydrogen) atoms. The largest absolute Gasteiger partial charge is 0.494 e. The van der Waals surface area contributed by atoms with Crippen LogP contribution in [0.1, 0.15) is 40.2 Å². The summed E-state index contributed by atoms with van der Waals surface area (Å²) in [6.45, 7) is 0.248. The molecule has 1 aliphatic carbocycles. The van der Waals surface area contributed by atoms with Gasteiger partial charge in [-0.05, 0) is 67.6 Å². The molecule has 0 bridgehead atoms. The first-order valence-corrected chi connectivity index (χ1v) is 9.92. The molecule has 7 heteroatoms. The van der Waals surface area contributed by atoms with Crippen molar-refractivity contribution in [3.63, 3.8) is 0 Å². The smallest absolute Gasteiger partial charge is 0.274 e. The van der Waals surface area contributed by atoms with Gasteiger partial charge in [0.25, 0.3) is 5.91 Å². The average molecular weight is 411 g/mol. The van der Waals surface area contributed by atoms with Gasteiger partial charge in [-0.2, -0.15) is 5.10 Å². The van der Waals surface area contributed by atoms with E-state index in [9.17, 15) is 13.6 Å². The molecule has 0 saturated heterocycles. The minimum atomic E-state index is -0.464. The molecule has 1 amide bonds. The number of amides is 1. The number of aromatic nitrogens is 2. The summed E-state index contributed by atoms with van der Waals surface area (Å²) in [5, 5.41) is 4.61. The minimum absolute atomic E-state index is 0.167. The van der Waals surface area contributed by atoms with Crippen molar-refractivity contribution >= 4 is 5.91 Å². The number of benzene rings is 2. The highest BCUT2D eigenvalue weighted by Gasteiger charge is 2.27. The predicted molar refractivity (Wildman–Crippen MR) is 109 cm³/mol. The molecule has 1 aromatic heterocycles. The van der Waals surface area contributed by atoms with Crippen molar-refractivity contribution in [2.24, 2.45) is 0 Å². The van der Waals surface area contributed by atoms with Crippen molar-refractivity contribution in [3.05, 3.63) is 76.6 Å². The van der Waals surface area contributed by atoms with E-state index >= 15 is 0 Å². The molecule has 4 rings (SSSR count). The lowest BCUT2D eigenvalue weighted by Gasteiger charge is -2.18. The van der Waals surface area contributed by atoms with E-state index < -0.39 is 5.82 Å². The first-order valence-electron chi connectivity index (χ1n) is 9.92. The normalized spacial score (nSPS) is 13.1. The topological polar surface area (TPSA) is 47.4 Å². The number of carbonyl (C=O) groups excluding carboxylic acids is 1. The second-order valence-corrected chi connectivity index (χ2v) is 7.50. The zero-order chi connectivity index (χ0) is 21.3. The predicted octanol–water partition coefficient (Wildman–Crippen LogP) is 4.31.